The summed E-state index contributed by atoms with van der Waals surface area (Å²) < 4.78 is 17.9. The van der Waals surface area contributed by atoms with Gasteiger partial charge in [-0.1, -0.05) is 0 Å². The molecule has 1 amide bonds. The molecule has 3 aromatic heterocycles. The lowest BCUT2D eigenvalue weighted by Crippen LogP contribution is -2.27. The van der Waals surface area contributed by atoms with E-state index in [1.165, 1.54) is 6.92 Å². The van der Waals surface area contributed by atoms with Crippen LogP contribution in [0, 0.1) is 0 Å². The third-order valence-corrected chi connectivity index (χ3v) is 4.57. The SMILES string of the molecule is CC(=O)N(Cc1ccco1)Cc1cc2cc3c(cc2n2nnnc12)OCO3. The molecule has 0 N–H and O–H groups in total. The molecule has 0 fully saturated rings. The van der Waals surface area contributed by atoms with Gasteiger partial charge in [0, 0.05) is 30.5 Å². The molecule has 1 aliphatic rings. The van der Waals surface area contributed by atoms with Crippen LogP contribution in [0.4, 0.5) is 0 Å². The molecule has 136 valence electrons. The second kappa shape index (κ2) is 5.97. The van der Waals surface area contributed by atoms with Crippen molar-refractivity contribution >= 4 is 22.5 Å². The first-order chi connectivity index (χ1) is 13.2. The Morgan fingerprint density at radius 1 is 1.22 bits per heavy atom. The molecular weight excluding hydrogens is 350 g/mol. The van der Waals surface area contributed by atoms with Crippen LogP contribution < -0.4 is 9.47 Å². The lowest BCUT2D eigenvalue weighted by molar-refractivity contribution is -0.130. The number of ether oxygens (including phenoxy) is 2. The summed E-state index contributed by atoms with van der Waals surface area (Å²) in [5, 5.41) is 12.9. The Balaban J connectivity index is 1.60. The molecule has 0 unspecified atom stereocenters. The van der Waals surface area contributed by atoms with Gasteiger partial charge >= 0.3 is 0 Å². The number of amides is 1. The molecule has 9 heteroatoms. The zero-order chi connectivity index (χ0) is 18.4. The zero-order valence-electron chi connectivity index (χ0n) is 14.5. The molecule has 4 heterocycles. The number of furan rings is 1. The van der Waals surface area contributed by atoms with E-state index in [4.69, 9.17) is 13.9 Å². The highest BCUT2D eigenvalue weighted by molar-refractivity contribution is 5.86. The summed E-state index contributed by atoms with van der Waals surface area (Å²) in [6.07, 6.45) is 1.59. The number of carbonyl (C=O) groups excluding carboxylic acids is 1. The van der Waals surface area contributed by atoms with Crippen molar-refractivity contribution in [1.82, 2.24) is 24.9 Å². The lowest BCUT2D eigenvalue weighted by atomic mass is 10.1. The third kappa shape index (κ3) is 2.64. The minimum absolute atomic E-state index is 0.0668. The topological polar surface area (TPSA) is 95.0 Å². The van der Waals surface area contributed by atoms with Gasteiger partial charge in [-0.2, -0.15) is 4.52 Å². The fourth-order valence-electron chi connectivity index (χ4n) is 3.24. The van der Waals surface area contributed by atoms with E-state index >= 15 is 0 Å². The first-order valence-electron chi connectivity index (χ1n) is 8.40. The van der Waals surface area contributed by atoms with Gasteiger partial charge in [-0.15, -0.1) is 5.10 Å². The van der Waals surface area contributed by atoms with Crippen LogP contribution in [0.15, 0.2) is 41.0 Å². The molecule has 0 bridgehead atoms. The molecule has 0 radical (unpaired) electrons. The molecule has 1 aromatic carbocycles. The summed E-state index contributed by atoms with van der Waals surface area (Å²) in [6.45, 7) is 2.44. The predicted molar refractivity (Wildman–Crippen MR) is 93.0 cm³/mol. The van der Waals surface area contributed by atoms with E-state index in [0.717, 1.165) is 16.5 Å². The fraction of sp³-hybridized carbons (Fsp3) is 0.222. The van der Waals surface area contributed by atoms with Crippen LogP contribution in [0.25, 0.3) is 16.6 Å². The first-order valence-corrected chi connectivity index (χ1v) is 8.40. The van der Waals surface area contributed by atoms with Crippen LogP contribution in [0.2, 0.25) is 0 Å². The fourth-order valence-corrected chi connectivity index (χ4v) is 3.24. The maximum absolute atomic E-state index is 12.2. The Hall–Kier alpha value is -3.62. The smallest absolute Gasteiger partial charge is 0.231 e. The van der Waals surface area contributed by atoms with Crippen LogP contribution in [-0.4, -0.2) is 37.6 Å². The minimum Gasteiger partial charge on any atom is -0.467 e. The Morgan fingerprint density at radius 2 is 2.07 bits per heavy atom. The molecule has 9 nitrogen and oxygen atoms in total. The summed E-state index contributed by atoms with van der Waals surface area (Å²) in [7, 11) is 0. The van der Waals surface area contributed by atoms with E-state index in [9.17, 15) is 4.79 Å². The van der Waals surface area contributed by atoms with Gasteiger partial charge in [-0.3, -0.25) is 4.79 Å². The lowest BCUT2D eigenvalue weighted by Gasteiger charge is -2.20. The Kier molecular flexibility index (Phi) is 3.46. The minimum atomic E-state index is -0.0668. The molecule has 0 saturated heterocycles. The van der Waals surface area contributed by atoms with Crippen molar-refractivity contribution in [2.24, 2.45) is 0 Å². The third-order valence-electron chi connectivity index (χ3n) is 4.57. The molecule has 0 atom stereocenters. The molecule has 0 spiro atoms. The first kappa shape index (κ1) is 15.6. The van der Waals surface area contributed by atoms with Crippen LogP contribution in [-0.2, 0) is 17.9 Å². The van der Waals surface area contributed by atoms with Crippen molar-refractivity contribution in [2.45, 2.75) is 20.0 Å². The number of nitrogens with zero attached hydrogens (tertiary/aromatic N) is 5. The standard InChI is InChI=1S/C18H15N5O4/c1-11(24)22(9-14-3-2-4-25-14)8-13-5-12-6-16-17(27-10-26-16)7-15(12)23-18(13)19-20-21-23/h2-7H,8-10H2,1H3. The monoisotopic (exact) mass is 365 g/mol. The number of fused-ring (bicyclic) bond motifs is 4. The summed E-state index contributed by atoms with van der Waals surface area (Å²) >= 11 is 0. The number of hydrogen-bond donors (Lipinski definition) is 0. The maximum atomic E-state index is 12.2. The van der Waals surface area contributed by atoms with Gasteiger partial charge in [-0.25, -0.2) is 0 Å². The van der Waals surface area contributed by atoms with E-state index in [-0.39, 0.29) is 12.7 Å². The molecular formula is C18H15N5O4. The number of rotatable bonds is 4. The van der Waals surface area contributed by atoms with E-state index in [0.29, 0.717) is 36.0 Å². The Labute approximate surface area is 153 Å². The summed E-state index contributed by atoms with van der Waals surface area (Å²) in [6, 6.07) is 9.36. The highest BCUT2D eigenvalue weighted by atomic mass is 16.7. The van der Waals surface area contributed by atoms with E-state index in [1.54, 1.807) is 21.7 Å². The van der Waals surface area contributed by atoms with E-state index in [2.05, 4.69) is 15.5 Å². The van der Waals surface area contributed by atoms with Crippen LogP contribution >= 0.6 is 0 Å². The second-order valence-electron chi connectivity index (χ2n) is 6.30. The predicted octanol–water partition coefficient (Wildman–Crippen LogP) is 2.15. The van der Waals surface area contributed by atoms with Crippen LogP contribution in [0.1, 0.15) is 18.2 Å². The van der Waals surface area contributed by atoms with Crippen molar-refractivity contribution in [1.29, 1.82) is 0 Å². The molecule has 27 heavy (non-hydrogen) atoms. The van der Waals surface area contributed by atoms with E-state index in [1.807, 2.05) is 24.3 Å². The van der Waals surface area contributed by atoms with Crippen LogP contribution in [0.3, 0.4) is 0 Å². The Morgan fingerprint density at radius 3 is 2.85 bits per heavy atom. The van der Waals surface area contributed by atoms with Crippen molar-refractivity contribution < 1.29 is 18.7 Å². The van der Waals surface area contributed by atoms with Gasteiger partial charge in [-0.05, 0) is 34.7 Å². The second-order valence-corrected chi connectivity index (χ2v) is 6.30. The highest BCUT2D eigenvalue weighted by Crippen LogP contribution is 2.36. The normalized spacial score (nSPS) is 12.8. The van der Waals surface area contributed by atoms with Gasteiger partial charge < -0.3 is 18.8 Å². The Bertz CT molecular complexity index is 1150. The van der Waals surface area contributed by atoms with Gasteiger partial charge in [0.15, 0.2) is 17.1 Å². The summed E-state index contributed by atoms with van der Waals surface area (Å²) in [5.41, 5.74) is 2.23. The van der Waals surface area contributed by atoms with Crippen molar-refractivity contribution in [3.63, 3.8) is 0 Å². The average molecular weight is 365 g/mol. The van der Waals surface area contributed by atoms with Gasteiger partial charge in [0.25, 0.3) is 0 Å². The maximum Gasteiger partial charge on any atom is 0.231 e. The highest BCUT2D eigenvalue weighted by Gasteiger charge is 2.20. The van der Waals surface area contributed by atoms with Crippen LogP contribution in [0.5, 0.6) is 11.5 Å². The molecule has 0 saturated carbocycles. The summed E-state index contributed by atoms with van der Waals surface area (Å²) in [4.78, 5) is 13.8. The zero-order valence-corrected chi connectivity index (χ0v) is 14.5. The van der Waals surface area contributed by atoms with E-state index < -0.39 is 0 Å². The molecule has 1 aliphatic heterocycles. The summed E-state index contributed by atoms with van der Waals surface area (Å²) in [5.74, 6) is 1.99. The van der Waals surface area contributed by atoms with Gasteiger partial charge in [0.1, 0.15) is 5.76 Å². The number of hydrogen-bond acceptors (Lipinski definition) is 7. The van der Waals surface area contributed by atoms with Crippen molar-refractivity contribution in [2.75, 3.05) is 6.79 Å². The largest absolute Gasteiger partial charge is 0.467 e. The van der Waals surface area contributed by atoms with Gasteiger partial charge in [0.2, 0.25) is 12.7 Å². The molecule has 4 aromatic rings. The quantitative estimate of drug-likeness (QED) is 0.547. The number of aromatic nitrogens is 4. The number of carbonyl (C=O) groups is 1. The van der Waals surface area contributed by atoms with Crippen molar-refractivity contribution in [3.05, 3.63) is 47.9 Å². The molecule has 5 rings (SSSR count). The number of benzene rings is 1. The van der Waals surface area contributed by atoms with Gasteiger partial charge in [0.05, 0.1) is 18.3 Å². The number of tetrazole rings is 1. The van der Waals surface area contributed by atoms with Crippen molar-refractivity contribution in [3.8, 4) is 11.5 Å². The molecule has 0 aliphatic carbocycles. The number of pyridine rings is 1. The average Bonchev–Trinajstić information content (AvgIpc) is 3.40.